The quantitative estimate of drug-likeness (QED) is 0.815. The number of benzene rings is 1. The SMILES string of the molecule is CCc1c(C(=O)N2CCN(C(=O)C(C)(C)C)CC2)cnn1-c1ccc(F)cc1. The van der Waals surface area contributed by atoms with Gasteiger partial charge >= 0.3 is 0 Å². The molecule has 0 atom stereocenters. The first-order chi connectivity index (χ1) is 13.2. The Morgan fingerprint density at radius 3 is 2.14 bits per heavy atom. The first kappa shape index (κ1) is 20.0. The number of halogens is 1. The van der Waals surface area contributed by atoms with Crippen LogP contribution in [-0.4, -0.2) is 57.6 Å². The predicted molar refractivity (Wildman–Crippen MR) is 105 cm³/mol. The number of hydrogen-bond donors (Lipinski definition) is 0. The lowest BCUT2D eigenvalue weighted by atomic mass is 9.94. The summed E-state index contributed by atoms with van der Waals surface area (Å²) in [6.07, 6.45) is 2.21. The molecule has 3 rings (SSSR count). The normalized spacial score (nSPS) is 15.0. The number of rotatable bonds is 3. The highest BCUT2D eigenvalue weighted by atomic mass is 19.1. The van der Waals surface area contributed by atoms with Gasteiger partial charge in [-0.2, -0.15) is 5.10 Å². The molecular weight excluding hydrogens is 359 g/mol. The standard InChI is InChI=1S/C21H27FN4O2/c1-5-18-17(14-23-26(18)16-8-6-15(22)7-9-16)19(27)24-10-12-25(13-11-24)20(28)21(2,3)4/h6-9,14H,5,10-13H2,1-4H3. The molecule has 28 heavy (non-hydrogen) atoms. The molecule has 0 bridgehead atoms. The third kappa shape index (κ3) is 3.93. The smallest absolute Gasteiger partial charge is 0.257 e. The van der Waals surface area contributed by atoms with Gasteiger partial charge in [-0.25, -0.2) is 9.07 Å². The Labute approximate surface area is 164 Å². The summed E-state index contributed by atoms with van der Waals surface area (Å²) < 4.78 is 14.9. The van der Waals surface area contributed by atoms with Crippen LogP contribution < -0.4 is 0 Å². The van der Waals surface area contributed by atoms with Crippen LogP contribution in [0.15, 0.2) is 30.5 Å². The zero-order valence-electron chi connectivity index (χ0n) is 16.9. The molecule has 0 spiro atoms. The lowest BCUT2D eigenvalue weighted by Crippen LogP contribution is -2.53. The fourth-order valence-corrected chi connectivity index (χ4v) is 3.45. The summed E-state index contributed by atoms with van der Waals surface area (Å²) in [7, 11) is 0. The maximum atomic E-state index is 13.2. The fourth-order valence-electron chi connectivity index (χ4n) is 3.45. The average molecular weight is 386 g/mol. The number of piperazine rings is 1. The molecule has 1 aliphatic heterocycles. The van der Waals surface area contributed by atoms with Gasteiger partial charge in [-0.3, -0.25) is 9.59 Å². The van der Waals surface area contributed by atoms with Crippen molar-refractivity contribution < 1.29 is 14.0 Å². The molecular formula is C21H27FN4O2. The van der Waals surface area contributed by atoms with Gasteiger partial charge in [0.2, 0.25) is 5.91 Å². The van der Waals surface area contributed by atoms with Crippen molar-refractivity contribution in [1.29, 1.82) is 0 Å². The molecule has 6 nitrogen and oxygen atoms in total. The van der Waals surface area contributed by atoms with E-state index in [1.54, 1.807) is 27.9 Å². The first-order valence-corrected chi connectivity index (χ1v) is 9.64. The van der Waals surface area contributed by atoms with Gasteiger partial charge in [-0.15, -0.1) is 0 Å². The molecule has 150 valence electrons. The summed E-state index contributed by atoms with van der Waals surface area (Å²) in [5.74, 6) is -0.279. The molecule has 0 N–H and O–H groups in total. The fraction of sp³-hybridized carbons (Fsp3) is 0.476. The van der Waals surface area contributed by atoms with E-state index < -0.39 is 5.41 Å². The van der Waals surface area contributed by atoms with E-state index >= 15 is 0 Å². The van der Waals surface area contributed by atoms with Crippen molar-refractivity contribution >= 4 is 11.8 Å². The summed E-state index contributed by atoms with van der Waals surface area (Å²) in [5, 5.41) is 4.36. The zero-order valence-corrected chi connectivity index (χ0v) is 16.9. The van der Waals surface area contributed by atoms with Gasteiger partial charge in [0.05, 0.1) is 23.1 Å². The molecule has 0 radical (unpaired) electrons. The molecule has 0 unspecified atom stereocenters. The van der Waals surface area contributed by atoms with E-state index in [1.165, 1.54) is 12.1 Å². The van der Waals surface area contributed by atoms with Crippen LogP contribution in [0, 0.1) is 11.2 Å². The minimum absolute atomic E-state index is 0.0759. The van der Waals surface area contributed by atoms with Crippen LogP contribution in [-0.2, 0) is 11.2 Å². The van der Waals surface area contributed by atoms with E-state index in [0.717, 1.165) is 11.4 Å². The Hall–Kier alpha value is -2.70. The number of carbonyl (C=O) groups is 2. The van der Waals surface area contributed by atoms with E-state index in [9.17, 15) is 14.0 Å². The lowest BCUT2D eigenvalue weighted by molar-refractivity contribution is -0.140. The summed E-state index contributed by atoms with van der Waals surface area (Å²) in [5.41, 5.74) is 1.66. The van der Waals surface area contributed by atoms with Crippen LogP contribution in [0.25, 0.3) is 5.69 Å². The third-order valence-electron chi connectivity index (χ3n) is 5.00. The Morgan fingerprint density at radius 1 is 1.04 bits per heavy atom. The molecule has 1 fully saturated rings. The molecule has 0 saturated carbocycles. The monoisotopic (exact) mass is 386 g/mol. The minimum Gasteiger partial charge on any atom is -0.339 e. The van der Waals surface area contributed by atoms with Crippen molar-refractivity contribution in [3.05, 3.63) is 47.5 Å². The minimum atomic E-state index is -0.419. The van der Waals surface area contributed by atoms with Gasteiger partial charge in [0.25, 0.3) is 5.91 Å². The van der Waals surface area contributed by atoms with Crippen molar-refractivity contribution in [1.82, 2.24) is 19.6 Å². The second-order valence-corrected chi connectivity index (χ2v) is 8.08. The van der Waals surface area contributed by atoms with Gasteiger partial charge in [0, 0.05) is 31.6 Å². The Balaban J connectivity index is 1.75. The second-order valence-electron chi connectivity index (χ2n) is 8.08. The maximum Gasteiger partial charge on any atom is 0.257 e. The Bertz CT molecular complexity index is 860. The van der Waals surface area contributed by atoms with E-state index in [-0.39, 0.29) is 17.6 Å². The van der Waals surface area contributed by atoms with E-state index in [0.29, 0.717) is 38.2 Å². The van der Waals surface area contributed by atoms with Crippen LogP contribution in [0.5, 0.6) is 0 Å². The van der Waals surface area contributed by atoms with Gasteiger partial charge in [-0.1, -0.05) is 27.7 Å². The van der Waals surface area contributed by atoms with Crippen molar-refractivity contribution in [2.24, 2.45) is 5.41 Å². The number of aromatic nitrogens is 2. The number of nitrogens with zero attached hydrogens (tertiary/aromatic N) is 4. The summed E-state index contributed by atoms with van der Waals surface area (Å²) in [6, 6.07) is 6.05. The molecule has 2 heterocycles. The highest BCUT2D eigenvalue weighted by Crippen LogP contribution is 2.21. The molecule has 2 aromatic rings. The summed E-state index contributed by atoms with van der Waals surface area (Å²) in [4.78, 5) is 29.1. The van der Waals surface area contributed by atoms with Crippen molar-refractivity contribution in [3.63, 3.8) is 0 Å². The van der Waals surface area contributed by atoms with Crippen molar-refractivity contribution in [2.75, 3.05) is 26.2 Å². The topological polar surface area (TPSA) is 58.4 Å². The van der Waals surface area contributed by atoms with E-state index in [4.69, 9.17) is 0 Å². The number of hydrogen-bond acceptors (Lipinski definition) is 3. The largest absolute Gasteiger partial charge is 0.339 e. The zero-order chi connectivity index (χ0) is 20.5. The molecule has 1 aliphatic rings. The Kier molecular flexibility index (Phi) is 5.54. The van der Waals surface area contributed by atoms with Gasteiger partial charge in [0.15, 0.2) is 0 Å². The summed E-state index contributed by atoms with van der Waals surface area (Å²) >= 11 is 0. The molecule has 0 aliphatic carbocycles. The third-order valence-corrected chi connectivity index (χ3v) is 5.00. The number of amides is 2. The molecule has 7 heteroatoms. The highest BCUT2D eigenvalue weighted by molar-refractivity contribution is 5.95. The molecule has 1 aromatic carbocycles. The van der Waals surface area contributed by atoms with Gasteiger partial charge < -0.3 is 9.80 Å². The van der Waals surface area contributed by atoms with Crippen LogP contribution in [0.2, 0.25) is 0 Å². The van der Waals surface area contributed by atoms with Crippen LogP contribution in [0.3, 0.4) is 0 Å². The van der Waals surface area contributed by atoms with Crippen LogP contribution in [0.4, 0.5) is 4.39 Å². The lowest BCUT2D eigenvalue weighted by Gasteiger charge is -2.37. The average Bonchev–Trinajstić information content (AvgIpc) is 3.10. The van der Waals surface area contributed by atoms with Gasteiger partial charge in [-0.05, 0) is 30.7 Å². The highest BCUT2D eigenvalue weighted by Gasteiger charge is 2.32. The Morgan fingerprint density at radius 2 is 1.61 bits per heavy atom. The molecule has 1 aromatic heterocycles. The predicted octanol–water partition coefficient (Wildman–Crippen LogP) is 2.90. The number of carbonyl (C=O) groups excluding carboxylic acids is 2. The van der Waals surface area contributed by atoms with Gasteiger partial charge in [0.1, 0.15) is 5.82 Å². The van der Waals surface area contributed by atoms with Crippen LogP contribution >= 0.6 is 0 Å². The van der Waals surface area contributed by atoms with Crippen molar-refractivity contribution in [2.45, 2.75) is 34.1 Å². The first-order valence-electron chi connectivity index (χ1n) is 9.64. The molecule has 2 amide bonds. The van der Waals surface area contributed by atoms with E-state index in [2.05, 4.69) is 5.10 Å². The van der Waals surface area contributed by atoms with Crippen LogP contribution in [0.1, 0.15) is 43.7 Å². The van der Waals surface area contributed by atoms with Crippen molar-refractivity contribution in [3.8, 4) is 5.69 Å². The second kappa shape index (κ2) is 7.73. The van der Waals surface area contributed by atoms with E-state index in [1.807, 2.05) is 32.6 Å². The maximum absolute atomic E-state index is 13.2. The molecule has 1 saturated heterocycles. The summed E-state index contributed by atoms with van der Waals surface area (Å²) in [6.45, 7) is 9.77.